The molecule has 46 heavy (non-hydrogen) atoms. The zero-order valence-corrected chi connectivity index (χ0v) is 27.0. The van der Waals surface area contributed by atoms with Crippen molar-refractivity contribution in [3.63, 3.8) is 0 Å². The van der Waals surface area contributed by atoms with Crippen LogP contribution >= 0.6 is 0 Å². The van der Waals surface area contributed by atoms with E-state index in [2.05, 4.69) is 62.4 Å². The molecule has 0 aliphatic carbocycles. The molecule has 246 valence electrons. The molecule has 0 radical (unpaired) electrons. The van der Waals surface area contributed by atoms with Gasteiger partial charge in [0.15, 0.2) is 0 Å². The summed E-state index contributed by atoms with van der Waals surface area (Å²) in [5, 5.41) is 0. The summed E-state index contributed by atoms with van der Waals surface area (Å²) in [6, 6.07) is 21.7. The molecule has 4 aliphatic rings. The van der Waals surface area contributed by atoms with E-state index >= 15 is 0 Å². The average Bonchev–Trinajstić information content (AvgIpc) is 3.89. The Kier molecular flexibility index (Phi) is 9.96. The van der Waals surface area contributed by atoms with Crippen molar-refractivity contribution in [3.05, 3.63) is 82.9 Å². The Morgan fingerprint density at radius 3 is 1.30 bits per heavy atom. The molecule has 3 aromatic carbocycles. The van der Waals surface area contributed by atoms with Crippen molar-refractivity contribution in [1.29, 1.82) is 0 Å². The zero-order chi connectivity index (χ0) is 31.3. The molecule has 0 aromatic heterocycles. The van der Waals surface area contributed by atoms with Crippen LogP contribution in [0.5, 0.6) is 23.0 Å². The molecule has 4 fully saturated rings. The molecule has 3 aromatic rings. The van der Waals surface area contributed by atoms with E-state index in [0.717, 1.165) is 75.1 Å². The van der Waals surface area contributed by atoms with E-state index in [1.54, 1.807) is 0 Å². The van der Waals surface area contributed by atoms with E-state index in [-0.39, 0.29) is 24.4 Å². The fourth-order valence-corrected chi connectivity index (χ4v) is 5.85. The van der Waals surface area contributed by atoms with Crippen LogP contribution in [0, 0.1) is 0 Å². The van der Waals surface area contributed by atoms with Crippen LogP contribution in [-0.4, -0.2) is 77.3 Å². The van der Waals surface area contributed by atoms with Gasteiger partial charge in [-0.05, 0) is 71.9 Å². The highest BCUT2D eigenvalue weighted by molar-refractivity contribution is 5.44. The van der Waals surface area contributed by atoms with Crippen LogP contribution in [0.1, 0.15) is 60.8 Å². The van der Waals surface area contributed by atoms with Crippen molar-refractivity contribution in [2.75, 3.05) is 52.9 Å². The fraction of sp³-hybridized carbons (Fsp3) is 0.526. The Morgan fingerprint density at radius 2 is 0.935 bits per heavy atom. The maximum atomic E-state index is 6.27. The van der Waals surface area contributed by atoms with E-state index in [1.165, 1.54) is 22.3 Å². The van der Waals surface area contributed by atoms with Crippen molar-refractivity contribution >= 4 is 0 Å². The second-order valence-corrected chi connectivity index (χ2v) is 12.9. The number of ether oxygens (including phenoxy) is 8. The maximum Gasteiger partial charge on any atom is 0.126 e. The Morgan fingerprint density at radius 1 is 0.543 bits per heavy atom. The lowest BCUT2D eigenvalue weighted by molar-refractivity contribution is 0.251. The molecule has 4 heterocycles. The van der Waals surface area contributed by atoms with Crippen LogP contribution in [-0.2, 0) is 31.8 Å². The largest absolute Gasteiger partial charge is 0.491 e. The highest BCUT2D eigenvalue weighted by Crippen LogP contribution is 2.36. The van der Waals surface area contributed by atoms with Crippen LogP contribution in [0.2, 0.25) is 0 Å². The second-order valence-electron chi connectivity index (χ2n) is 12.9. The first-order valence-electron chi connectivity index (χ1n) is 17.0. The molecular weight excluding hydrogens is 584 g/mol. The Labute approximate surface area is 272 Å². The number of hydrogen-bond donors (Lipinski definition) is 0. The van der Waals surface area contributed by atoms with Gasteiger partial charge in [-0.1, -0.05) is 50.2 Å². The van der Waals surface area contributed by atoms with Crippen molar-refractivity contribution in [1.82, 2.24) is 0 Å². The van der Waals surface area contributed by atoms with Gasteiger partial charge in [-0.3, -0.25) is 0 Å². The highest BCUT2D eigenvalue weighted by Gasteiger charge is 2.27. The molecule has 8 nitrogen and oxygen atoms in total. The highest BCUT2D eigenvalue weighted by atomic mass is 16.6. The quantitative estimate of drug-likeness (QED) is 0.135. The second kappa shape index (κ2) is 14.6. The molecule has 0 saturated carbocycles. The van der Waals surface area contributed by atoms with Crippen molar-refractivity contribution < 1.29 is 37.9 Å². The minimum absolute atomic E-state index is 0.191. The molecule has 8 heteroatoms. The first-order chi connectivity index (χ1) is 22.6. The summed E-state index contributed by atoms with van der Waals surface area (Å²) < 4.78 is 45.9. The average molecular weight is 631 g/mol. The standard InChI is InChI=1S/C38H46O8/c1-3-25(12-29-8-10-31(39-17-33-19-41-33)15-37(29)45-23-35-21-43-35)27-6-5-7-28(14-27)26(4-2)13-30-9-11-32(40-18-34-20-42-34)16-38(30)46-24-36-22-44-36/h5-11,14-16,25-26,33-36H,3-4,12-13,17-24H2,1-2H3. The van der Waals surface area contributed by atoms with Crippen molar-refractivity contribution in [2.24, 2.45) is 0 Å². The van der Waals surface area contributed by atoms with Crippen LogP contribution in [0.15, 0.2) is 60.7 Å². The minimum Gasteiger partial charge on any atom is -0.491 e. The van der Waals surface area contributed by atoms with Crippen LogP contribution in [0.25, 0.3) is 0 Å². The Balaban J connectivity index is 1.06. The SMILES string of the molecule is CCC(Cc1ccc(OCC2CO2)cc1OCC1CO1)c1cccc(C(CC)Cc2ccc(OCC3CO3)cc2OCC2CO2)c1. The summed E-state index contributed by atoms with van der Waals surface area (Å²) in [5.41, 5.74) is 5.10. The Bertz CT molecular complexity index is 1340. The van der Waals surface area contributed by atoms with Crippen molar-refractivity contribution in [3.8, 4) is 23.0 Å². The van der Waals surface area contributed by atoms with Gasteiger partial charge in [-0.25, -0.2) is 0 Å². The monoisotopic (exact) mass is 630 g/mol. The molecule has 0 N–H and O–H groups in total. The van der Waals surface area contributed by atoms with E-state index < -0.39 is 0 Å². The minimum atomic E-state index is 0.191. The lowest BCUT2D eigenvalue weighted by Gasteiger charge is -2.22. The van der Waals surface area contributed by atoms with Crippen molar-refractivity contribution in [2.45, 2.75) is 75.8 Å². The summed E-state index contributed by atoms with van der Waals surface area (Å²) in [6.07, 6.45) is 4.63. The molecule has 0 bridgehead atoms. The third kappa shape index (κ3) is 8.94. The van der Waals surface area contributed by atoms with Gasteiger partial charge >= 0.3 is 0 Å². The number of rotatable bonds is 20. The first-order valence-corrected chi connectivity index (χ1v) is 17.0. The summed E-state index contributed by atoms with van der Waals surface area (Å²) in [6.45, 7) is 9.90. The predicted molar refractivity (Wildman–Crippen MR) is 174 cm³/mol. The fourth-order valence-electron chi connectivity index (χ4n) is 5.85. The molecule has 4 aliphatic heterocycles. The molecule has 7 rings (SSSR count). The topological polar surface area (TPSA) is 87.0 Å². The molecule has 6 unspecified atom stereocenters. The maximum absolute atomic E-state index is 6.27. The van der Waals surface area contributed by atoms with Crippen LogP contribution < -0.4 is 18.9 Å². The van der Waals surface area contributed by atoms with Gasteiger partial charge < -0.3 is 37.9 Å². The number of benzene rings is 3. The third-order valence-corrected chi connectivity index (χ3v) is 9.18. The Hall–Kier alpha value is -3.30. The zero-order valence-electron chi connectivity index (χ0n) is 27.0. The number of epoxide rings is 4. The van der Waals surface area contributed by atoms with E-state index in [9.17, 15) is 0 Å². The lowest BCUT2D eigenvalue weighted by Crippen LogP contribution is -2.11. The molecule has 0 spiro atoms. The van der Waals surface area contributed by atoms with Gasteiger partial charge in [-0.2, -0.15) is 0 Å². The summed E-state index contributed by atoms with van der Waals surface area (Å²) in [7, 11) is 0. The van der Waals surface area contributed by atoms with Gasteiger partial charge in [0.25, 0.3) is 0 Å². The smallest absolute Gasteiger partial charge is 0.126 e. The van der Waals surface area contributed by atoms with Gasteiger partial charge in [-0.15, -0.1) is 0 Å². The molecule has 6 atom stereocenters. The van der Waals surface area contributed by atoms with Gasteiger partial charge in [0.05, 0.1) is 26.4 Å². The predicted octanol–water partition coefficient (Wildman–Crippen LogP) is 6.27. The summed E-state index contributed by atoms with van der Waals surface area (Å²) >= 11 is 0. The lowest BCUT2D eigenvalue weighted by atomic mass is 9.84. The van der Waals surface area contributed by atoms with Crippen LogP contribution in [0.4, 0.5) is 0 Å². The molecule has 4 saturated heterocycles. The first kappa shape index (κ1) is 31.3. The molecular formula is C38H46O8. The van der Waals surface area contributed by atoms with E-state index in [4.69, 9.17) is 37.9 Å². The van der Waals surface area contributed by atoms with E-state index in [0.29, 0.717) is 38.3 Å². The molecule has 0 amide bonds. The van der Waals surface area contributed by atoms with Gasteiger partial charge in [0.2, 0.25) is 0 Å². The third-order valence-electron chi connectivity index (χ3n) is 9.18. The summed E-state index contributed by atoms with van der Waals surface area (Å²) in [5.74, 6) is 4.10. The normalized spacial score (nSPS) is 23.7. The van der Waals surface area contributed by atoms with Gasteiger partial charge in [0, 0.05) is 12.1 Å². The van der Waals surface area contributed by atoms with Crippen LogP contribution in [0.3, 0.4) is 0 Å². The van der Waals surface area contributed by atoms with Gasteiger partial charge in [0.1, 0.15) is 73.8 Å². The number of hydrogen-bond acceptors (Lipinski definition) is 8. The summed E-state index contributed by atoms with van der Waals surface area (Å²) in [4.78, 5) is 0. The van der Waals surface area contributed by atoms with E-state index in [1.807, 2.05) is 12.1 Å².